The number of nitrogens with one attached hydrogen (secondary N) is 1. The van der Waals surface area contributed by atoms with Gasteiger partial charge in [-0.3, -0.25) is 0 Å². The number of carbonyl (C=O) groups excluding carboxylic acids is 1. The van der Waals surface area contributed by atoms with Crippen LogP contribution in [0.5, 0.6) is 0 Å². The summed E-state index contributed by atoms with van der Waals surface area (Å²) in [5.74, 6) is 0. The highest BCUT2D eigenvalue weighted by Crippen LogP contribution is 2.06. The molecule has 0 aliphatic heterocycles. The molecule has 1 amide bonds. The van der Waals surface area contributed by atoms with Crippen molar-refractivity contribution in [3.05, 3.63) is 42.0 Å². The van der Waals surface area contributed by atoms with Gasteiger partial charge in [-0.1, -0.05) is 62.8 Å². The monoisotopic (exact) mass is 277 g/mol. The van der Waals surface area contributed by atoms with Gasteiger partial charge in [-0.2, -0.15) is 0 Å². The maximum Gasteiger partial charge on any atom is 0.407 e. The molecular formula is C17H27NO2. The first-order valence-corrected chi connectivity index (χ1v) is 7.07. The van der Waals surface area contributed by atoms with Gasteiger partial charge in [0, 0.05) is 6.54 Å². The molecule has 0 aliphatic carbocycles. The molecule has 1 aromatic rings. The quantitative estimate of drug-likeness (QED) is 0.874. The standard InChI is InChI=1S/C14H19NO2.C3H8/c1-14(2,3)17-13(16)15-11-7-10-12-8-5-4-6-9-12;1-3-2/h4-10H,11H2,1-3H3,(H,15,16);3H2,1-2H3/b10-7+;. The molecule has 1 aromatic carbocycles. The second kappa shape index (κ2) is 10.1. The Bertz CT molecular complexity index is 391. The Labute approximate surface area is 123 Å². The van der Waals surface area contributed by atoms with Crippen molar-refractivity contribution in [3.8, 4) is 0 Å². The summed E-state index contributed by atoms with van der Waals surface area (Å²) in [6.07, 6.45) is 4.70. The number of alkyl carbamates (subject to hydrolysis) is 1. The second-order valence-corrected chi connectivity index (χ2v) is 5.40. The zero-order valence-corrected chi connectivity index (χ0v) is 13.3. The number of rotatable bonds is 3. The number of ether oxygens (including phenoxy) is 1. The van der Waals surface area contributed by atoms with E-state index in [1.54, 1.807) is 0 Å². The van der Waals surface area contributed by atoms with Crippen LogP contribution in [0.4, 0.5) is 4.79 Å². The zero-order valence-electron chi connectivity index (χ0n) is 13.3. The first-order chi connectivity index (χ1) is 9.39. The Morgan fingerprint density at radius 3 is 2.25 bits per heavy atom. The lowest BCUT2D eigenvalue weighted by Crippen LogP contribution is -2.32. The van der Waals surface area contributed by atoms with Crippen molar-refractivity contribution >= 4 is 12.2 Å². The normalized spacial score (nSPS) is 10.7. The fourth-order valence-electron chi connectivity index (χ4n) is 1.22. The molecule has 0 saturated heterocycles. The minimum Gasteiger partial charge on any atom is -0.444 e. The van der Waals surface area contributed by atoms with Gasteiger partial charge in [-0.15, -0.1) is 0 Å². The van der Waals surface area contributed by atoms with Crippen LogP contribution in [0.1, 0.15) is 46.6 Å². The van der Waals surface area contributed by atoms with Gasteiger partial charge in [0.25, 0.3) is 0 Å². The highest BCUT2D eigenvalue weighted by Gasteiger charge is 2.14. The van der Waals surface area contributed by atoms with Crippen LogP contribution in [-0.4, -0.2) is 18.2 Å². The van der Waals surface area contributed by atoms with Gasteiger partial charge in [-0.25, -0.2) is 4.79 Å². The Hall–Kier alpha value is -1.77. The summed E-state index contributed by atoms with van der Waals surface area (Å²) < 4.78 is 5.11. The van der Waals surface area contributed by atoms with Gasteiger partial charge >= 0.3 is 6.09 Å². The maximum atomic E-state index is 11.3. The summed E-state index contributed by atoms with van der Waals surface area (Å²) in [5, 5.41) is 2.66. The summed E-state index contributed by atoms with van der Waals surface area (Å²) in [6, 6.07) is 9.92. The summed E-state index contributed by atoms with van der Waals surface area (Å²) in [6.45, 7) is 10.2. The maximum absolute atomic E-state index is 11.3. The molecule has 0 aliphatic rings. The van der Waals surface area contributed by atoms with Gasteiger partial charge in [0.1, 0.15) is 5.60 Å². The molecule has 0 heterocycles. The highest BCUT2D eigenvalue weighted by atomic mass is 16.6. The van der Waals surface area contributed by atoms with Gasteiger partial charge in [0.05, 0.1) is 0 Å². The molecule has 0 saturated carbocycles. The lowest BCUT2D eigenvalue weighted by atomic mass is 10.2. The number of amides is 1. The number of benzene rings is 1. The minimum absolute atomic E-state index is 0.393. The van der Waals surface area contributed by atoms with Crippen LogP contribution in [0.15, 0.2) is 36.4 Å². The molecule has 0 radical (unpaired) electrons. The molecule has 3 heteroatoms. The Morgan fingerprint density at radius 2 is 1.75 bits per heavy atom. The van der Waals surface area contributed by atoms with Crippen LogP contribution in [0.25, 0.3) is 6.08 Å². The fourth-order valence-corrected chi connectivity index (χ4v) is 1.22. The summed E-state index contributed by atoms with van der Waals surface area (Å²) >= 11 is 0. The van der Waals surface area contributed by atoms with E-state index in [2.05, 4.69) is 19.2 Å². The molecule has 0 aromatic heterocycles. The molecule has 1 rings (SSSR count). The van der Waals surface area contributed by atoms with Crippen molar-refractivity contribution in [3.63, 3.8) is 0 Å². The van der Waals surface area contributed by atoms with Crippen molar-refractivity contribution in [1.82, 2.24) is 5.32 Å². The number of hydrogen-bond acceptors (Lipinski definition) is 2. The van der Waals surface area contributed by atoms with Crippen LogP contribution < -0.4 is 5.32 Å². The predicted octanol–water partition coefficient (Wildman–Crippen LogP) is 4.64. The van der Waals surface area contributed by atoms with E-state index in [0.29, 0.717) is 6.54 Å². The van der Waals surface area contributed by atoms with Gasteiger partial charge in [0.15, 0.2) is 0 Å². The smallest absolute Gasteiger partial charge is 0.407 e. The first kappa shape index (κ1) is 18.2. The Balaban J connectivity index is 0.00000110. The van der Waals surface area contributed by atoms with E-state index in [1.807, 2.05) is 63.3 Å². The number of carbonyl (C=O) groups is 1. The van der Waals surface area contributed by atoms with Crippen LogP contribution in [0.3, 0.4) is 0 Å². The number of hydrogen-bond donors (Lipinski definition) is 1. The van der Waals surface area contributed by atoms with Crippen molar-refractivity contribution in [1.29, 1.82) is 0 Å². The Morgan fingerprint density at radius 1 is 1.20 bits per heavy atom. The molecular weight excluding hydrogens is 250 g/mol. The van der Waals surface area contributed by atoms with Crippen LogP contribution in [0.2, 0.25) is 0 Å². The largest absolute Gasteiger partial charge is 0.444 e. The molecule has 0 fully saturated rings. The van der Waals surface area contributed by atoms with E-state index >= 15 is 0 Å². The molecule has 0 bridgehead atoms. The third-order valence-corrected chi connectivity index (χ3v) is 1.87. The third-order valence-electron chi connectivity index (χ3n) is 1.87. The zero-order chi connectivity index (χ0) is 15.4. The third kappa shape index (κ3) is 11.3. The van der Waals surface area contributed by atoms with E-state index in [-0.39, 0.29) is 0 Å². The lowest BCUT2D eigenvalue weighted by molar-refractivity contribution is 0.0534. The molecule has 0 atom stereocenters. The van der Waals surface area contributed by atoms with Gasteiger partial charge in [0.2, 0.25) is 0 Å². The SMILES string of the molecule is CC(C)(C)OC(=O)NC/C=C/c1ccccc1.CCC. The first-order valence-electron chi connectivity index (χ1n) is 7.07. The van der Waals surface area contributed by atoms with Crippen molar-refractivity contribution in [2.75, 3.05) is 6.54 Å². The van der Waals surface area contributed by atoms with E-state index in [1.165, 1.54) is 6.42 Å². The topological polar surface area (TPSA) is 38.3 Å². The summed E-state index contributed by atoms with van der Waals surface area (Å²) in [7, 11) is 0. The van der Waals surface area contributed by atoms with Crippen LogP contribution in [-0.2, 0) is 4.74 Å². The van der Waals surface area contributed by atoms with E-state index in [4.69, 9.17) is 4.74 Å². The van der Waals surface area contributed by atoms with Crippen LogP contribution in [0, 0.1) is 0 Å². The van der Waals surface area contributed by atoms with Gasteiger partial charge in [-0.05, 0) is 26.3 Å². The van der Waals surface area contributed by atoms with Crippen LogP contribution >= 0.6 is 0 Å². The average Bonchev–Trinajstić information content (AvgIpc) is 2.35. The fraction of sp³-hybridized carbons (Fsp3) is 0.471. The average molecular weight is 277 g/mol. The second-order valence-electron chi connectivity index (χ2n) is 5.40. The van der Waals surface area contributed by atoms with E-state index in [0.717, 1.165) is 5.56 Å². The lowest BCUT2D eigenvalue weighted by Gasteiger charge is -2.19. The minimum atomic E-state index is -0.451. The van der Waals surface area contributed by atoms with Crippen molar-refractivity contribution in [2.45, 2.75) is 46.6 Å². The van der Waals surface area contributed by atoms with Crippen molar-refractivity contribution in [2.24, 2.45) is 0 Å². The molecule has 1 N–H and O–H groups in total. The molecule has 0 unspecified atom stereocenters. The molecule has 3 nitrogen and oxygen atoms in total. The highest BCUT2D eigenvalue weighted by molar-refractivity contribution is 5.68. The molecule has 20 heavy (non-hydrogen) atoms. The predicted molar refractivity (Wildman–Crippen MR) is 85.7 cm³/mol. The molecule has 0 spiro atoms. The van der Waals surface area contributed by atoms with E-state index in [9.17, 15) is 4.79 Å². The summed E-state index contributed by atoms with van der Waals surface area (Å²) in [4.78, 5) is 11.3. The van der Waals surface area contributed by atoms with E-state index < -0.39 is 11.7 Å². The Kier molecular flexibility index (Phi) is 9.18. The molecule has 112 valence electrons. The summed E-state index contributed by atoms with van der Waals surface area (Å²) in [5.41, 5.74) is 0.659. The van der Waals surface area contributed by atoms with Crippen molar-refractivity contribution < 1.29 is 9.53 Å². The van der Waals surface area contributed by atoms with Gasteiger partial charge < -0.3 is 10.1 Å².